The van der Waals surface area contributed by atoms with Gasteiger partial charge in [-0.05, 0) is 18.6 Å². The molecule has 1 aliphatic rings. The first-order valence-corrected chi connectivity index (χ1v) is 6.99. The first-order chi connectivity index (χ1) is 9.65. The van der Waals surface area contributed by atoms with Gasteiger partial charge < -0.3 is 9.47 Å². The van der Waals surface area contributed by atoms with Gasteiger partial charge in [-0.2, -0.15) is 0 Å². The Hall–Kier alpha value is -2.10. The standard InChI is InChI=1S/C16H18N2O2/c1-12-10-18(15-5-3-2-4-14(12)15)11-16(20)17-8-6-13(19)7-9-17/h2-5,10H,6-9,11H2,1H3. The van der Waals surface area contributed by atoms with Crippen LogP contribution in [-0.4, -0.2) is 34.2 Å². The Balaban J connectivity index is 1.79. The minimum absolute atomic E-state index is 0.0956. The molecule has 0 aliphatic carbocycles. The number of nitrogens with zero attached hydrogens (tertiary/aromatic N) is 2. The minimum atomic E-state index is 0.0956. The smallest absolute Gasteiger partial charge is 0.242 e. The predicted molar refractivity (Wildman–Crippen MR) is 77.5 cm³/mol. The average molecular weight is 270 g/mol. The molecule has 0 unspecified atom stereocenters. The van der Waals surface area contributed by atoms with Gasteiger partial charge in [0.05, 0.1) is 0 Å². The molecule has 0 bridgehead atoms. The summed E-state index contributed by atoms with van der Waals surface area (Å²) in [6, 6.07) is 8.11. The topological polar surface area (TPSA) is 42.3 Å². The fraction of sp³-hybridized carbons (Fsp3) is 0.375. The summed E-state index contributed by atoms with van der Waals surface area (Å²) in [6.07, 6.45) is 3.02. The van der Waals surface area contributed by atoms with Gasteiger partial charge in [-0.1, -0.05) is 18.2 Å². The third-order valence-electron chi connectivity index (χ3n) is 3.97. The Morgan fingerprint density at radius 2 is 1.90 bits per heavy atom. The molecule has 1 aromatic carbocycles. The summed E-state index contributed by atoms with van der Waals surface area (Å²) in [5.74, 6) is 0.356. The highest BCUT2D eigenvalue weighted by Crippen LogP contribution is 2.20. The van der Waals surface area contributed by atoms with E-state index in [1.54, 1.807) is 4.90 Å². The molecule has 20 heavy (non-hydrogen) atoms. The lowest BCUT2D eigenvalue weighted by atomic mass is 10.1. The molecule has 1 amide bonds. The van der Waals surface area contributed by atoms with E-state index in [0.29, 0.717) is 32.5 Å². The Kier molecular flexibility index (Phi) is 3.30. The average Bonchev–Trinajstić information content (AvgIpc) is 2.77. The second kappa shape index (κ2) is 5.12. The molecule has 0 N–H and O–H groups in total. The number of rotatable bonds is 2. The van der Waals surface area contributed by atoms with E-state index in [2.05, 4.69) is 13.0 Å². The van der Waals surface area contributed by atoms with Crippen LogP contribution in [0, 0.1) is 6.92 Å². The van der Waals surface area contributed by atoms with Crippen LogP contribution in [0.5, 0.6) is 0 Å². The molecule has 4 nitrogen and oxygen atoms in total. The van der Waals surface area contributed by atoms with Gasteiger partial charge in [-0.15, -0.1) is 0 Å². The molecule has 0 atom stereocenters. The lowest BCUT2D eigenvalue weighted by Gasteiger charge is -2.26. The number of benzene rings is 1. The Labute approximate surface area is 118 Å². The molecule has 1 aromatic heterocycles. The summed E-state index contributed by atoms with van der Waals surface area (Å²) in [7, 11) is 0. The summed E-state index contributed by atoms with van der Waals surface area (Å²) in [4.78, 5) is 25.3. The maximum Gasteiger partial charge on any atom is 0.242 e. The molecular weight excluding hydrogens is 252 g/mol. The number of aromatic nitrogens is 1. The molecule has 4 heteroatoms. The first kappa shape index (κ1) is 12.9. The number of carbonyl (C=O) groups excluding carboxylic acids is 2. The largest absolute Gasteiger partial charge is 0.340 e. The summed E-state index contributed by atoms with van der Waals surface area (Å²) >= 11 is 0. The van der Waals surface area contributed by atoms with E-state index in [1.807, 2.05) is 29.0 Å². The lowest BCUT2D eigenvalue weighted by molar-refractivity contribution is -0.135. The summed E-state index contributed by atoms with van der Waals surface area (Å²) in [5.41, 5.74) is 2.27. The molecule has 0 radical (unpaired) electrons. The Bertz CT molecular complexity index is 662. The third kappa shape index (κ3) is 2.33. The van der Waals surface area contributed by atoms with Gasteiger partial charge in [-0.25, -0.2) is 0 Å². The first-order valence-electron chi connectivity index (χ1n) is 6.99. The van der Waals surface area contributed by atoms with Gasteiger partial charge >= 0.3 is 0 Å². The number of hydrogen-bond acceptors (Lipinski definition) is 2. The van der Waals surface area contributed by atoms with E-state index in [4.69, 9.17) is 0 Å². The van der Waals surface area contributed by atoms with Crippen LogP contribution in [0.25, 0.3) is 10.9 Å². The zero-order chi connectivity index (χ0) is 14.1. The Morgan fingerprint density at radius 3 is 2.65 bits per heavy atom. The van der Waals surface area contributed by atoms with Crippen molar-refractivity contribution in [2.75, 3.05) is 13.1 Å². The maximum absolute atomic E-state index is 12.3. The van der Waals surface area contributed by atoms with Crippen molar-refractivity contribution in [3.05, 3.63) is 36.0 Å². The van der Waals surface area contributed by atoms with Crippen LogP contribution in [0.3, 0.4) is 0 Å². The number of amides is 1. The van der Waals surface area contributed by atoms with Crippen LogP contribution in [0.1, 0.15) is 18.4 Å². The van der Waals surface area contributed by atoms with Crippen LogP contribution in [0.4, 0.5) is 0 Å². The number of Topliss-reactive ketones (excluding diaryl/α,β-unsaturated/α-hetero) is 1. The van der Waals surface area contributed by atoms with Crippen molar-refractivity contribution in [1.29, 1.82) is 0 Å². The van der Waals surface area contributed by atoms with Gasteiger partial charge in [0.15, 0.2) is 0 Å². The number of likely N-dealkylation sites (tertiary alicyclic amines) is 1. The van der Waals surface area contributed by atoms with Crippen LogP contribution in [0.15, 0.2) is 30.5 Å². The van der Waals surface area contributed by atoms with Crippen LogP contribution in [-0.2, 0) is 16.1 Å². The van der Waals surface area contributed by atoms with Gasteiger partial charge in [0, 0.05) is 43.0 Å². The van der Waals surface area contributed by atoms with E-state index in [1.165, 1.54) is 10.9 Å². The number of piperidine rings is 1. The SMILES string of the molecule is Cc1cn(CC(=O)N2CCC(=O)CC2)c2ccccc12. The maximum atomic E-state index is 12.3. The molecule has 3 rings (SSSR count). The van der Waals surface area contributed by atoms with Crippen LogP contribution >= 0.6 is 0 Å². The number of fused-ring (bicyclic) bond motifs is 1. The monoisotopic (exact) mass is 270 g/mol. The molecule has 0 saturated carbocycles. The second-order valence-corrected chi connectivity index (χ2v) is 5.38. The number of para-hydroxylation sites is 1. The van der Waals surface area contributed by atoms with Gasteiger partial charge in [0.25, 0.3) is 0 Å². The quantitative estimate of drug-likeness (QED) is 0.839. The fourth-order valence-corrected chi connectivity index (χ4v) is 2.81. The van der Waals surface area contributed by atoms with Gasteiger partial charge in [0.2, 0.25) is 5.91 Å². The van der Waals surface area contributed by atoms with Crippen molar-refractivity contribution in [2.45, 2.75) is 26.3 Å². The van der Waals surface area contributed by atoms with Crippen molar-refractivity contribution in [3.8, 4) is 0 Å². The van der Waals surface area contributed by atoms with E-state index >= 15 is 0 Å². The highest BCUT2D eigenvalue weighted by molar-refractivity contribution is 5.87. The van der Waals surface area contributed by atoms with E-state index in [9.17, 15) is 9.59 Å². The van der Waals surface area contributed by atoms with Gasteiger partial charge in [0.1, 0.15) is 12.3 Å². The van der Waals surface area contributed by atoms with Crippen molar-refractivity contribution in [3.63, 3.8) is 0 Å². The lowest BCUT2D eigenvalue weighted by Crippen LogP contribution is -2.40. The second-order valence-electron chi connectivity index (χ2n) is 5.38. The summed E-state index contributed by atoms with van der Waals surface area (Å²) < 4.78 is 2.00. The highest BCUT2D eigenvalue weighted by Gasteiger charge is 2.21. The number of aryl methyl sites for hydroxylation is 1. The fourth-order valence-electron chi connectivity index (χ4n) is 2.81. The molecule has 1 fully saturated rings. The van der Waals surface area contributed by atoms with Gasteiger partial charge in [-0.3, -0.25) is 9.59 Å². The van der Waals surface area contributed by atoms with Crippen molar-refractivity contribution >= 4 is 22.6 Å². The van der Waals surface area contributed by atoms with Crippen LogP contribution < -0.4 is 0 Å². The zero-order valence-corrected chi connectivity index (χ0v) is 11.6. The summed E-state index contributed by atoms with van der Waals surface area (Å²) in [5, 5.41) is 1.19. The van der Waals surface area contributed by atoms with Crippen molar-refractivity contribution < 1.29 is 9.59 Å². The molecule has 104 valence electrons. The predicted octanol–water partition coefficient (Wildman–Crippen LogP) is 2.14. The molecule has 1 saturated heterocycles. The van der Waals surface area contributed by atoms with Crippen molar-refractivity contribution in [1.82, 2.24) is 9.47 Å². The van der Waals surface area contributed by atoms with E-state index < -0.39 is 0 Å². The molecule has 2 heterocycles. The Morgan fingerprint density at radius 1 is 1.20 bits per heavy atom. The number of ketones is 1. The normalized spacial score (nSPS) is 15.8. The highest BCUT2D eigenvalue weighted by atomic mass is 16.2. The minimum Gasteiger partial charge on any atom is -0.340 e. The number of hydrogen-bond donors (Lipinski definition) is 0. The molecule has 1 aliphatic heterocycles. The van der Waals surface area contributed by atoms with E-state index in [-0.39, 0.29) is 11.7 Å². The third-order valence-corrected chi connectivity index (χ3v) is 3.97. The number of carbonyl (C=O) groups is 2. The molecule has 2 aromatic rings. The van der Waals surface area contributed by atoms with E-state index in [0.717, 1.165) is 5.52 Å². The molecular formula is C16H18N2O2. The zero-order valence-electron chi connectivity index (χ0n) is 11.6. The van der Waals surface area contributed by atoms with Crippen LogP contribution in [0.2, 0.25) is 0 Å². The molecule has 0 spiro atoms. The van der Waals surface area contributed by atoms with Crippen molar-refractivity contribution in [2.24, 2.45) is 0 Å². The summed E-state index contributed by atoms with van der Waals surface area (Å²) in [6.45, 7) is 3.54.